The molecular formula is C12H12BrFN4O2. The van der Waals surface area contributed by atoms with Crippen LogP contribution in [-0.4, -0.2) is 9.55 Å². The van der Waals surface area contributed by atoms with Gasteiger partial charge >= 0.3 is 5.69 Å². The SMILES string of the molecule is Cn1c(N)c(NCc2cc(F)ccc2Br)c(=O)[nH]c1=O. The van der Waals surface area contributed by atoms with Crippen LogP contribution in [0, 0.1) is 5.82 Å². The molecule has 1 aromatic heterocycles. The molecule has 6 nitrogen and oxygen atoms in total. The molecule has 0 spiro atoms. The van der Waals surface area contributed by atoms with Crippen LogP contribution in [0.2, 0.25) is 0 Å². The summed E-state index contributed by atoms with van der Waals surface area (Å²) in [4.78, 5) is 25.2. The lowest BCUT2D eigenvalue weighted by Crippen LogP contribution is -2.32. The number of anilines is 2. The molecule has 0 aliphatic heterocycles. The van der Waals surface area contributed by atoms with Crippen molar-refractivity contribution >= 4 is 27.4 Å². The molecule has 106 valence electrons. The lowest BCUT2D eigenvalue weighted by molar-refractivity contribution is 0.625. The Hall–Kier alpha value is -2.09. The van der Waals surface area contributed by atoms with Crippen LogP contribution in [0.15, 0.2) is 32.3 Å². The maximum atomic E-state index is 13.2. The van der Waals surface area contributed by atoms with Gasteiger partial charge in [-0.2, -0.15) is 0 Å². The molecule has 0 bridgehead atoms. The summed E-state index contributed by atoms with van der Waals surface area (Å²) in [6.45, 7) is 0.184. The fourth-order valence-corrected chi connectivity index (χ4v) is 2.06. The Balaban J connectivity index is 2.32. The fraction of sp³-hybridized carbons (Fsp3) is 0.167. The van der Waals surface area contributed by atoms with Crippen molar-refractivity contribution in [1.82, 2.24) is 9.55 Å². The third-order valence-electron chi connectivity index (χ3n) is 2.83. The van der Waals surface area contributed by atoms with Gasteiger partial charge in [-0.15, -0.1) is 0 Å². The molecule has 1 heterocycles. The molecule has 0 radical (unpaired) electrons. The predicted octanol–water partition coefficient (Wildman–Crippen LogP) is 1.17. The van der Waals surface area contributed by atoms with Gasteiger partial charge in [0, 0.05) is 18.1 Å². The molecule has 0 aliphatic rings. The van der Waals surface area contributed by atoms with E-state index in [2.05, 4.69) is 26.2 Å². The first-order valence-corrected chi connectivity index (χ1v) is 6.46. The minimum Gasteiger partial charge on any atom is -0.383 e. The molecule has 20 heavy (non-hydrogen) atoms. The topological polar surface area (TPSA) is 92.9 Å². The Bertz CT molecular complexity index is 769. The first-order valence-electron chi connectivity index (χ1n) is 5.66. The Kier molecular flexibility index (Phi) is 3.93. The molecule has 0 fully saturated rings. The highest BCUT2D eigenvalue weighted by atomic mass is 79.9. The lowest BCUT2D eigenvalue weighted by atomic mass is 10.2. The molecule has 2 rings (SSSR count). The number of nitrogens with two attached hydrogens (primary N) is 1. The molecule has 0 saturated heterocycles. The van der Waals surface area contributed by atoms with Gasteiger partial charge in [-0.25, -0.2) is 9.18 Å². The van der Waals surface area contributed by atoms with Crippen LogP contribution in [0.5, 0.6) is 0 Å². The van der Waals surface area contributed by atoms with E-state index in [0.29, 0.717) is 10.0 Å². The molecule has 2 aromatic rings. The van der Waals surface area contributed by atoms with Crippen molar-refractivity contribution in [3.63, 3.8) is 0 Å². The Morgan fingerprint density at radius 2 is 2.15 bits per heavy atom. The number of nitrogens with zero attached hydrogens (tertiary/aromatic N) is 1. The average Bonchev–Trinajstić information content (AvgIpc) is 2.40. The number of H-pyrrole nitrogens is 1. The smallest absolute Gasteiger partial charge is 0.329 e. The number of nitrogens with one attached hydrogen (secondary N) is 2. The minimum atomic E-state index is -0.613. The molecule has 4 N–H and O–H groups in total. The summed E-state index contributed by atoms with van der Waals surface area (Å²) >= 11 is 3.29. The third-order valence-corrected chi connectivity index (χ3v) is 3.61. The van der Waals surface area contributed by atoms with Crippen molar-refractivity contribution in [2.24, 2.45) is 7.05 Å². The largest absolute Gasteiger partial charge is 0.383 e. The monoisotopic (exact) mass is 342 g/mol. The number of aromatic nitrogens is 2. The second-order valence-electron chi connectivity index (χ2n) is 4.17. The molecular weight excluding hydrogens is 331 g/mol. The normalized spacial score (nSPS) is 10.6. The van der Waals surface area contributed by atoms with E-state index in [4.69, 9.17) is 5.73 Å². The molecule has 0 aliphatic carbocycles. The van der Waals surface area contributed by atoms with Crippen molar-refractivity contribution in [1.29, 1.82) is 0 Å². The summed E-state index contributed by atoms with van der Waals surface area (Å²) in [5.41, 5.74) is 5.20. The van der Waals surface area contributed by atoms with Gasteiger partial charge in [0.25, 0.3) is 5.56 Å². The minimum absolute atomic E-state index is 0.0197. The van der Waals surface area contributed by atoms with Gasteiger partial charge in [0.05, 0.1) is 0 Å². The van der Waals surface area contributed by atoms with E-state index in [0.717, 1.165) is 4.57 Å². The van der Waals surface area contributed by atoms with Crippen molar-refractivity contribution in [2.45, 2.75) is 6.54 Å². The van der Waals surface area contributed by atoms with Gasteiger partial charge in [-0.3, -0.25) is 14.3 Å². The van der Waals surface area contributed by atoms with Crippen LogP contribution in [0.25, 0.3) is 0 Å². The highest BCUT2D eigenvalue weighted by Gasteiger charge is 2.10. The Labute approximate surface area is 121 Å². The van der Waals surface area contributed by atoms with E-state index in [1.807, 2.05) is 0 Å². The van der Waals surface area contributed by atoms with E-state index in [1.54, 1.807) is 6.07 Å². The molecule has 8 heteroatoms. The summed E-state index contributed by atoms with van der Waals surface area (Å²) in [7, 11) is 1.44. The second kappa shape index (κ2) is 5.49. The van der Waals surface area contributed by atoms with E-state index < -0.39 is 11.2 Å². The van der Waals surface area contributed by atoms with E-state index in [-0.39, 0.29) is 23.9 Å². The zero-order valence-corrected chi connectivity index (χ0v) is 12.1. The first kappa shape index (κ1) is 14.3. The van der Waals surface area contributed by atoms with Gasteiger partial charge in [0.15, 0.2) is 0 Å². The van der Waals surface area contributed by atoms with E-state index >= 15 is 0 Å². The number of rotatable bonds is 3. The maximum absolute atomic E-state index is 13.2. The van der Waals surface area contributed by atoms with Crippen molar-refractivity contribution in [2.75, 3.05) is 11.1 Å². The van der Waals surface area contributed by atoms with Gasteiger partial charge in [0.2, 0.25) is 0 Å². The summed E-state index contributed by atoms with van der Waals surface area (Å²) in [5.74, 6) is -0.362. The first-order chi connectivity index (χ1) is 9.40. The number of halogens is 2. The van der Waals surface area contributed by atoms with Crippen LogP contribution in [0.3, 0.4) is 0 Å². The van der Waals surface area contributed by atoms with Gasteiger partial charge in [-0.05, 0) is 23.8 Å². The zero-order valence-electron chi connectivity index (χ0n) is 10.5. The second-order valence-corrected chi connectivity index (χ2v) is 5.02. The summed E-state index contributed by atoms with van der Waals surface area (Å²) in [6, 6.07) is 4.23. The summed E-state index contributed by atoms with van der Waals surface area (Å²) in [5, 5.41) is 2.81. The molecule has 0 amide bonds. The zero-order chi connectivity index (χ0) is 14.9. The highest BCUT2D eigenvalue weighted by Crippen LogP contribution is 2.19. The molecule has 0 atom stereocenters. The number of nitrogen functional groups attached to an aromatic ring is 1. The fourth-order valence-electron chi connectivity index (χ4n) is 1.67. The summed E-state index contributed by atoms with van der Waals surface area (Å²) in [6.07, 6.45) is 0. The standard InChI is InChI=1S/C12H12BrFN4O2/c1-18-10(15)9(11(19)17-12(18)20)16-5-6-4-7(14)2-3-8(6)13/h2-4,16H,5,15H2,1H3,(H,17,19,20). The summed E-state index contributed by atoms with van der Waals surface area (Å²) < 4.78 is 15.0. The Morgan fingerprint density at radius 1 is 1.45 bits per heavy atom. The number of benzene rings is 1. The maximum Gasteiger partial charge on any atom is 0.329 e. The van der Waals surface area contributed by atoms with Crippen molar-refractivity contribution < 1.29 is 4.39 Å². The lowest BCUT2D eigenvalue weighted by Gasteiger charge is -2.11. The predicted molar refractivity (Wildman–Crippen MR) is 78.1 cm³/mol. The third kappa shape index (κ3) is 2.74. The number of aromatic amines is 1. The van der Waals surface area contributed by atoms with Gasteiger partial charge in [-0.1, -0.05) is 15.9 Å². The highest BCUT2D eigenvalue weighted by molar-refractivity contribution is 9.10. The van der Waals surface area contributed by atoms with E-state index in [9.17, 15) is 14.0 Å². The van der Waals surface area contributed by atoms with E-state index in [1.165, 1.54) is 19.2 Å². The molecule has 0 saturated carbocycles. The molecule has 1 aromatic carbocycles. The van der Waals surface area contributed by atoms with Crippen LogP contribution >= 0.6 is 15.9 Å². The van der Waals surface area contributed by atoms with Crippen LogP contribution < -0.4 is 22.3 Å². The van der Waals surface area contributed by atoms with Crippen LogP contribution in [0.1, 0.15) is 5.56 Å². The molecule has 0 unspecified atom stereocenters. The average molecular weight is 343 g/mol. The quantitative estimate of drug-likeness (QED) is 0.780. The van der Waals surface area contributed by atoms with Gasteiger partial charge in [0.1, 0.15) is 17.3 Å². The number of hydrogen-bond donors (Lipinski definition) is 3. The Morgan fingerprint density at radius 3 is 2.85 bits per heavy atom. The van der Waals surface area contributed by atoms with Gasteiger partial charge < -0.3 is 11.1 Å². The van der Waals surface area contributed by atoms with Crippen molar-refractivity contribution in [3.05, 3.63) is 54.9 Å². The van der Waals surface area contributed by atoms with Crippen LogP contribution in [0.4, 0.5) is 15.9 Å². The number of hydrogen-bond acceptors (Lipinski definition) is 4. The van der Waals surface area contributed by atoms with Crippen molar-refractivity contribution in [3.8, 4) is 0 Å². The van der Waals surface area contributed by atoms with Crippen LogP contribution in [-0.2, 0) is 13.6 Å².